The molecule has 0 amide bonds. The van der Waals surface area contributed by atoms with E-state index in [-0.39, 0.29) is 64.1 Å². The third kappa shape index (κ3) is 13.9. The van der Waals surface area contributed by atoms with Crippen molar-refractivity contribution >= 4 is 64.7 Å². The maximum atomic E-state index is 10.4. The lowest BCUT2D eigenvalue weighted by atomic mass is 9.90. The molecule has 63 heavy (non-hydrogen) atoms. The molecule has 2 heterocycles. The minimum absolute atomic E-state index is 0. The van der Waals surface area contributed by atoms with E-state index in [9.17, 15) is 20.4 Å². The van der Waals surface area contributed by atoms with Gasteiger partial charge in [0.1, 0.15) is 34.5 Å². The predicted molar refractivity (Wildman–Crippen MR) is 251 cm³/mol. The normalized spacial score (nSPS) is 12.3. The fraction of sp³-hybridized carbons (Fsp3) is 0.200. The lowest BCUT2D eigenvalue weighted by Gasteiger charge is -2.16. The van der Waals surface area contributed by atoms with Crippen LogP contribution in [0.25, 0.3) is 45.6 Å². The topological polar surface area (TPSA) is 199 Å². The van der Waals surface area contributed by atoms with Gasteiger partial charge in [0, 0.05) is 29.3 Å². The molecule has 0 aliphatic heterocycles. The number of halogens is 5. The molecule has 2 aliphatic carbocycles. The molecule has 12 nitrogen and oxygen atoms in total. The Morgan fingerprint density at radius 3 is 1.14 bits per heavy atom. The van der Waals surface area contributed by atoms with E-state index < -0.39 is 11.4 Å². The van der Waals surface area contributed by atoms with Crippen molar-refractivity contribution in [3.05, 3.63) is 130 Å². The van der Waals surface area contributed by atoms with Gasteiger partial charge in [-0.05, 0) is 145 Å². The first-order valence-corrected chi connectivity index (χ1v) is 25.2. The van der Waals surface area contributed by atoms with Gasteiger partial charge < -0.3 is 30.6 Å². The van der Waals surface area contributed by atoms with Gasteiger partial charge in [0.25, 0.3) is 0 Å². The lowest BCUT2D eigenvalue weighted by molar-refractivity contribution is 0.449. The number of phenols is 6. The zero-order chi connectivity index (χ0) is 44.3. The van der Waals surface area contributed by atoms with Crippen LogP contribution in [0.15, 0.2) is 97.1 Å². The quantitative estimate of drug-likeness (QED) is 0.0914. The molecular weight excluding hydrogens is 925 g/mol. The molecule has 7 aromatic rings. The Kier molecular flexibility index (Phi) is 17.9. The minimum Gasteiger partial charge on any atom is -0.508 e. The van der Waals surface area contributed by atoms with E-state index in [1.807, 2.05) is 12.1 Å². The molecule has 0 bridgehead atoms. The molecule has 2 aromatic heterocycles. The van der Waals surface area contributed by atoms with Crippen LogP contribution in [0.2, 0.25) is 10.6 Å². The van der Waals surface area contributed by atoms with E-state index in [2.05, 4.69) is 54.2 Å². The highest BCUT2D eigenvalue weighted by molar-refractivity contribution is 7.54. The standard InChI is InChI=1S/C25H21N3O4.C13H11Cl2N3.C6H6O2.CH4.Al.3ClH/c29-17-7-9-19(21(31)12-17)24-26-23(16-6-5-14-3-1-2-4-15(14)11-16)27-25(28-24)20-10-8-18(30)13-22(20)32;14-12-16-11(17-13(15)18-12)10-6-5-8-3-1-2-4-9(8)7-10;7-5-2-1-3-6(8)4-5;;;;;/h5-13,29-32H,1-4H2;5-7H,1-4H2;1-4,7-8H;1H4;;3*1H/q;;;;+3;;;/p-3. The summed E-state index contributed by atoms with van der Waals surface area (Å²) in [6, 6.07) is 26.7. The molecule has 326 valence electrons. The zero-order valence-electron chi connectivity index (χ0n) is 32.7. The third-order valence-corrected chi connectivity index (χ3v) is 10.0. The molecule has 0 saturated heterocycles. The van der Waals surface area contributed by atoms with Gasteiger partial charge in [-0.25, -0.2) is 45.1 Å². The second kappa shape index (κ2) is 23.0. The largest absolute Gasteiger partial charge is 0.643 e. The van der Waals surface area contributed by atoms with Crippen molar-refractivity contribution in [2.75, 3.05) is 0 Å². The fourth-order valence-corrected chi connectivity index (χ4v) is 7.22. The number of aromatic nitrogens is 6. The summed E-state index contributed by atoms with van der Waals surface area (Å²) in [4.78, 5) is 25.6. The number of hydrogen-bond acceptors (Lipinski definition) is 12. The molecule has 0 atom stereocenters. The monoisotopic (exact) mass is 964 g/mol. The Balaban J connectivity index is 0.000000201. The first-order chi connectivity index (χ1) is 29.7. The summed E-state index contributed by atoms with van der Waals surface area (Å²) >= 11 is 9.87. The number of rotatable bonds is 4. The third-order valence-electron chi connectivity index (χ3n) is 9.70. The van der Waals surface area contributed by atoms with Gasteiger partial charge >= 0.3 is 11.4 Å². The van der Waals surface area contributed by atoms with Crippen molar-refractivity contribution in [3.63, 3.8) is 0 Å². The Labute approximate surface area is 391 Å². The summed E-state index contributed by atoms with van der Waals surface area (Å²) in [5.74, 6) is 1.02. The molecule has 0 spiro atoms. The average Bonchev–Trinajstić information content (AvgIpc) is 3.23. The van der Waals surface area contributed by atoms with Crippen molar-refractivity contribution in [2.45, 2.75) is 58.8 Å². The number of nitrogens with zero attached hydrogens (tertiary/aromatic N) is 6. The first-order valence-electron chi connectivity index (χ1n) is 19.2. The number of benzene rings is 5. The highest BCUT2D eigenvalue weighted by Gasteiger charge is 2.19. The Morgan fingerprint density at radius 2 is 0.762 bits per heavy atom. The maximum absolute atomic E-state index is 10.4. The average molecular weight is 967 g/mol. The highest BCUT2D eigenvalue weighted by Crippen LogP contribution is 2.36. The Bertz CT molecular complexity index is 2570. The van der Waals surface area contributed by atoms with Gasteiger partial charge in [-0.2, -0.15) is 15.0 Å². The molecule has 0 unspecified atom stereocenters. The van der Waals surface area contributed by atoms with Crippen LogP contribution < -0.4 is 0 Å². The molecule has 2 aliphatic rings. The second-order valence-corrected chi connectivity index (χ2v) is 21.2. The molecule has 0 radical (unpaired) electrons. The van der Waals surface area contributed by atoms with Crippen LogP contribution in [0.4, 0.5) is 0 Å². The van der Waals surface area contributed by atoms with E-state index in [1.54, 1.807) is 6.07 Å². The second-order valence-electron chi connectivity index (χ2n) is 14.1. The van der Waals surface area contributed by atoms with Crippen LogP contribution in [0.5, 0.6) is 34.5 Å². The summed E-state index contributed by atoms with van der Waals surface area (Å²) in [7, 11) is 14.8. The molecule has 18 heteroatoms. The maximum Gasteiger partial charge on any atom is 0.643 e. The molecular formula is C45H42AlCl5N6O6. The first kappa shape index (κ1) is 48.9. The van der Waals surface area contributed by atoms with Gasteiger partial charge in [-0.3, -0.25) is 0 Å². The van der Waals surface area contributed by atoms with Gasteiger partial charge in [0.05, 0.1) is 11.1 Å². The SMILES string of the molecule is C.Clc1nc(Cl)nc(-c2ccc3c(c2)CCCC3)n1.Oc1ccc(-c2nc(-c3ccc4c(c3)CCCC4)nc(-c3ccc(O)cc3O)n2)c(O)c1.Oc1cccc(O)c1.[Cl][Al]([Cl])[Cl]. The summed E-state index contributed by atoms with van der Waals surface area (Å²) in [5, 5.41) is 57.6. The van der Waals surface area contributed by atoms with Crippen molar-refractivity contribution in [1.29, 1.82) is 0 Å². The minimum atomic E-state index is -1.72. The number of fused-ring (bicyclic) bond motifs is 2. The van der Waals surface area contributed by atoms with E-state index >= 15 is 0 Å². The van der Waals surface area contributed by atoms with Gasteiger partial charge in [-0.1, -0.05) is 37.8 Å². The van der Waals surface area contributed by atoms with Crippen molar-refractivity contribution < 1.29 is 30.6 Å². The van der Waals surface area contributed by atoms with E-state index in [4.69, 9.17) is 63.6 Å². The van der Waals surface area contributed by atoms with Crippen LogP contribution >= 0.6 is 53.3 Å². The van der Waals surface area contributed by atoms with Crippen LogP contribution in [-0.2, 0) is 25.7 Å². The Hall–Kier alpha value is -5.10. The number of aromatic hydroxyl groups is 6. The van der Waals surface area contributed by atoms with Crippen molar-refractivity contribution in [1.82, 2.24) is 29.9 Å². The van der Waals surface area contributed by atoms with Crippen LogP contribution in [0.1, 0.15) is 55.4 Å². The molecule has 0 saturated carbocycles. The molecule has 5 aromatic carbocycles. The summed E-state index contributed by atoms with van der Waals surface area (Å²) in [6.07, 6.45) is 9.20. The van der Waals surface area contributed by atoms with Crippen LogP contribution in [0.3, 0.4) is 0 Å². The van der Waals surface area contributed by atoms with Gasteiger partial charge in [0.15, 0.2) is 23.3 Å². The summed E-state index contributed by atoms with van der Waals surface area (Å²) in [6.45, 7) is 0. The molecule has 6 N–H and O–H groups in total. The number of phenolic OH excluding ortho intramolecular Hbond substituents is 6. The summed E-state index contributed by atoms with van der Waals surface area (Å²) in [5.41, 5.74) is 7.82. The summed E-state index contributed by atoms with van der Waals surface area (Å²) < 4.78 is 0. The molecule has 0 fully saturated rings. The highest BCUT2D eigenvalue weighted by atomic mass is 35.8. The smallest absolute Gasteiger partial charge is 0.508 e. The van der Waals surface area contributed by atoms with Crippen LogP contribution in [-0.4, -0.2) is 71.9 Å². The predicted octanol–water partition coefficient (Wildman–Crippen LogP) is 11.7. The van der Waals surface area contributed by atoms with E-state index in [0.717, 1.165) is 43.2 Å². The fourth-order valence-electron chi connectivity index (χ4n) is 6.86. The van der Waals surface area contributed by atoms with Crippen LogP contribution in [0, 0.1) is 0 Å². The number of hydrogen-bond donors (Lipinski definition) is 6. The lowest BCUT2D eigenvalue weighted by Crippen LogP contribution is -2.04. The van der Waals surface area contributed by atoms with Gasteiger partial charge in [-0.15, -0.1) is 0 Å². The number of aryl methyl sites for hydroxylation is 4. The Morgan fingerprint density at radius 1 is 0.397 bits per heavy atom. The van der Waals surface area contributed by atoms with Gasteiger partial charge in [0.2, 0.25) is 10.6 Å². The van der Waals surface area contributed by atoms with Crippen molar-refractivity contribution in [2.24, 2.45) is 0 Å². The van der Waals surface area contributed by atoms with E-state index in [0.29, 0.717) is 22.8 Å². The van der Waals surface area contributed by atoms with Crippen molar-refractivity contribution in [3.8, 4) is 80.0 Å². The molecule has 9 rings (SSSR count). The zero-order valence-corrected chi connectivity index (χ0v) is 37.7. The van der Waals surface area contributed by atoms with E-state index in [1.165, 1.54) is 96.1 Å².